The molecule has 1 aromatic carbocycles. The molecule has 4 rings (SSSR count). The number of hydrogen-bond acceptors (Lipinski definition) is 4. The van der Waals surface area contributed by atoms with Crippen LogP contribution in [0.5, 0.6) is 0 Å². The summed E-state index contributed by atoms with van der Waals surface area (Å²) >= 11 is 0. The van der Waals surface area contributed by atoms with E-state index < -0.39 is 12.2 Å². The minimum absolute atomic E-state index is 0.243. The normalized spacial score (nSPS) is 23.1. The van der Waals surface area contributed by atoms with Gasteiger partial charge in [0.05, 0.1) is 17.4 Å². The van der Waals surface area contributed by atoms with Gasteiger partial charge in [0.15, 0.2) is 5.65 Å². The number of aliphatic hydroxyl groups is 1. The lowest BCUT2D eigenvalue weighted by Gasteiger charge is -2.37. The molecule has 3 heterocycles. The average Bonchev–Trinajstić information content (AvgIpc) is 2.90. The monoisotopic (exact) mass is 323 g/mol. The summed E-state index contributed by atoms with van der Waals surface area (Å²) in [5, 5.41) is 14.3. The van der Waals surface area contributed by atoms with Crippen molar-refractivity contribution in [2.45, 2.75) is 32.1 Å². The van der Waals surface area contributed by atoms with Crippen LogP contribution < -0.4 is 5.32 Å². The van der Waals surface area contributed by atoms with Gasteiger partial charge in [0.25, 0.3) is 0 Å². The lowest BCUT2D eigenvalue weighted by molar-refractivity contribution is -0.0268. The Balaban J connectivity index is 1.91. The van der Waals surface area contributed by atoms with Crippen LogP contribution in [0.2, 0.25) is 0 Å². The number of ether oxygens (including phenoxy) is 1. The molecule has 0 saturated heterocycles. The predicted octanol–water partition coefficient (Wildman–Crippen LogP) is 3.17. The third kappa shape index (κ3) is 2.12. The van der Waals surface area contributed by atoms with E-state index in [9.17, 15) is 5.11 Å². The van der Waals surface area contributed by atoms with E-state index in [1.165, 1.54) is 0 Å². The summed E-state index contributed by atoms with van der Waals surface area (Å²) in [5.74, 6) is 0. The number of anilines is 1. The maximum atomic E-state index is 10.8. The summed E-state index contributed by atoms with van der Waals surface area (Å²) in [6.45, 7) is 4.07. The van der Waals surface area contributed by atoms with Crippen molar-refractivity contribution in [3.63, 3.8) is 0 Å². The van der Waals surface area contributed by atoms with Gasteiger partial charge in [0.2, 0.25) is 0 Å². The number of nitrogens with zero attached hydrogens (tertiary/aromatic N) is 2. The van der Waals surface area contributed by atoms with Crippen molar-refractivity contribution >= 4 is 11.3 Å². The molecule has 2 N–H and O–H groups in total. The van der Waals surface area contributed by atoms with Crippen LogP contribution in [0.1, 0.15) is 34.7 Å². The van der Waals surface area contributed by atoms with E-state index in [1.807, 2.05) is 49.5 Å². The van der Waals surface area contributed by atoms with Gasteiger partial charge in [-0.15, -0.1) is 0 Å². The van der Waals surface area contributed by atoms with Crippen molar-refractivity contribution in [3.8, 4) is 0 Å². The summed E-state index contributed by atoms with van der Waals surface area (Å²) in [6.07, 6.45) is 0.922. The van der Waals surface area contributed by atoms with Crippen LogP contribution in [0.3, 0.4) is 0 Å². The summed E-state index contributed by atoms with van der Waals surface area (Å²) in [6, 6.07) is 11.7. The highest BCUT2D eigenvalue weighted by Crippen LogP contribution is 2.42. The number of aryl methyl sites for hydroxylation is 2. The standard InChI is InChI=1S/C19H21N3O2/c1-11-12(2)22-10-9-14-16(19(22)20-11)21-15(17(23)18(14)24-3)13-7-5-4-6-8-13/h4-10,15,17-18,21,23H,1-3H3/t15-,17-,18-/m1/s1. The molecule has 1 aliphatic heterocycles. The molecule has 0 spiro atoms. The number of aromatic nitrogens is 2. The van der Waals surface area contributed by atoms with Gasteiger partial charge < -0.3 is 19.6 Å². The molecule has 24 heavy (non-hydrogen) atoms. The second kappa shape index (κ2) is 5.61. The van der Waals surface area contributed by atoms with Crippen LogP contribution in [0.4, 0.5) is 5.69 Å². The summed E-state index contributed by atoms with van der Waals surface area (Å²) in [5.41, 5.74) is 5.89. The van der Waals surface area contributed by atoms with Crippen LogP contribution in [0.25, 0.3) is 5.65 Å². The number of methoxy groups -OCH3 is 1. The Morgan fingerprint density at radius 1 is 1.17 bits per heavy atom. The van der Waals surface area contributed by atoms with E-state index in [1.54, 1.807) is 7.11 Å². The molecule has 3 atom stereocenters. The van der Waals surface area contributed by atoms with E-state index in [0.717, 1.165) is 33.8 Å². The third-order valence-electron chi connectivity index (χ3n) is 4.97. The van der Waals surface area contributed by atoms with Crippen LogP contribution in [-0.4, -0.2) is 27.7 Å². The van der Waals surface area contributed by atoms with Crippen molar-refractivity contribution < 1.29 is 9.84 Å². The molecule has 2 aromatic heterocycles. The van der Waals surface area contributed by atoms with Crippen molar-refractivity contribution in [1.82, 2.24) is 9.38 Å². The lowest BCUT2D eigenvalue weighted by Crippen LogP contribution is -2.37. The zero-order chi connectivity index (χ0) is 16.8. The SMILES string of the molecule is CO[C@@H]1c2ccn3c(C)c(C)nc3c2N[C@H](c2ccccc2)[C@H]1O. The highest BCUT2D eigenvalue weighted by Gasteiger charge is 2.37. The minimum Gasteiger partial charge on any atom is -0.388 e. The Morgan fingerprint density at radius 3 is 2.62 bits per heavy atom. The van der Waals surface area contributed by atoms with Crippen molar-refractivity contribution in [3.05, 3.63) is 65.1 Å². The number of hydrogen-bond donors (Lipinski definition) is 2. The van der Waals surface area contributed by atoms with Crippen LogP contribution >= 0.6 is 0 Å². The molecular formula is C19H21N3O2. The fourth-order valence-electron chi connectivity index (χ4n) is 3.54. The molecule has 5 nitrogen and oxygen atoms in total. The number of imidazole rings is 1. The van der Waals surface area contributed by atoms with Gasteiger partial charge in [-0.2, -0.15) is 0 Å². The first-order valence-electron chi connectivity index (χ1n) is 8.12. The van der Waals surface area contributed by atoms with Crippen molar-refractivity contribution in [1.29, 1.82) is 0 Å². The fourth-order valence-corrected chi connectivity index (χ4v) is 3.54. The van der Waals surface area contributed by atoms with Gasteiger partial charge in [0.1, 0.15) is 12.2 Å². The molecule has 0 bridgehead atoms. The number of pyridine rings is 1. The van der Waals surface area contributed by atoms with Crippen LogP contribution in [0.15, 0.2) is 42.6 Å². The first kappa shape index (κ1) is 15.2. The van der Waals surface area contributed by atoms with E-state index in [4.69, 9.17) is 9.72 Å². The van der Waals surface area contributed by atoms with E-state index in [0.29, 0.717) is 0 Å². The number of rotatable bonds is 2. The van der Waals surface area contributed by atoms with E-state index in [-0.39, 0.29) is 6.04 Å². The molecule has 124 valence electrons. The second-order valence-electron chi connectivity index (χ2n) is 6.30. The van der Waals surface area contributed by atoms with E-state index >= 15 is 0 Å². The molecule has 5 heteroatoms. The van der Waals surface area contributed by atoms with Crippen LogP contribution in [0, 0.1) is 13.8 Å². The Kier molecular flexibility index (Phi) is 3.55. The highest BCUT2D eigenvalue weighted by atomic mass is 16.5. The molecule has 0 saturated carbocycles. The zero-order valence-electron chi connectivity index (χ0n) is 14.0. The number of nitrogens with one attached hydrogen (secondary N) is 1. The number of benzene rings is 1. The number of aliphatic hydroxyl groups excluding tert-OH is 1. The molecule has 1 aliphatic rings. The molecular weight excluding hydrogens is 302 g/mol. The minimum atomic E-state index is -0.676. The van der Waals surface area contributed by atoms with Gasteiger partial charge in [-0.05, 0) is 25.5 Å². The van der Waals surface area contributed by atoms with Gasteiger partial charge in [-0.1, -0.05) is 30.3 Å². The summed E-state index contributed by atoms with van der Waals surface area (Å²) in [4.78, 5) is 4.71. The van der Waals surface area contributed by atoms with Crippen LogP contribution in [-0.2, 0) is 4.74 Å². The topological polar surface area (TPSA) is 58.8 Å². The van der Waals surface area contributed by atoms with Gasteiger partial charge >= 0.3 is 0 Å². The molecule has 0 aliphatic carbocycles. The Labute approximate surface area is 140 Å². The second-order valence-corrected chi connectivity index (χ2v) is 6.30. The highest BCUT2D eigenvalue weighted by molar-refractivity contribution is 5.75. The number of fused-ring (bicyclic) bond motifs is 3. The quantitative estimate of drug-likeness (QED) is 0.760. The van der Waals surface area contributed by atoms with Crippen molar-refractivity contribution in [2.75, 3.05) is 12.4 Å². The smallest absolute Gasteiger partial charge is 0.161 e. The molecule has 0 radical (unpaired) electrons. The van der Waals surface area contributed by atoms with E-state index in [2.05, 4.69) is 16.6 Å². The van der Waals surface area contributed by atoms with Crippen molar-refractivity contribution in [2.24, 2.45) is 0 Å². The molecule has 0 unspecified atom stereocenters. The maximum absolute atomic E-state index is 10.8. The maximum Gasteiger partial charge on any atom is 0.161 e. The lowest BCUT2D eigenvalue weighted by atomic mass is 9.89. The third-order valence-corrected chi connectivity index (χ3v) is 4.97. The Bertz CT molecular complexity index is 889. The van der Waals surface area contributed by atoms with Gasteiger partial charge in [0, 0.05) is 24.6 Å². The van der Waals surface area contributed by atoms with Gasteiger partial charge in [-0.25, -0.2) is 4.98 Å². The average molecular weight is 323 g/mol. The fraction of sp³-hybridized carbons (Fsp3) is 0.316. The van der Waals surface area contributed by atoms with Gasteiger partial charge in [-0.3, -0.25) is 0 Å². The summed E-state index contributed by atoms with van der Waals surface area (Å²) < 4.78 is 7.72. The first-order chi connectivity index (χ1) is 11.6. The predicted molar refractivity (Wildman–Crippen MR) is 93.2 cm³/mol. The first-order valence-corrected chi connectivity index (χ1v) is 8.12. The largest absolute Gasteiger partial charge is 0.388 e. The Hall–Kier alpha value is -2.37. The Morgan fingerprint density at radius 2 is 1.92 bits per heavy atom. The molecule has 3 aromatic rings. The summed E-state index contributed by atoms with van der Waals surface area (Å²) in [7, 11) is 1.64. The molecule has 0 fully saturated rings. The zero-order valence-corrected chi connectivity index (χ0v) is 14.0. The molecule has 0 amide bonds.